The zero-order valence-corrected chi connectivity index (χ0v) is 10.7. The number of carbonyl (C=O) groups is 2. The second-order valence-electron chi connectivity index (χ2n) is 4.65. The highest BCUT2D eigenvalue weighted by Crippen LogP contribution is 2.28. The standard InChI is InChI=1S/C15H13NO4/c17-14-7-12(15(18)16-14)13-9-19-8-11(20-13)6-10-4-2-1-3-5-10/h1-2,4,7-9H,3,5-6H2,(H,16,17,18). The van der Waals surface area contributed by atoms with Gasteiger partial charge >= 0.3 is 0 Å². The fraction of sp³-hybridized carbons (Fsp3) is 0.200. The van der Waals surface area contributed by atoms with Gasteiger partial charge in [-0.2, -0.15) is 0 Å². The summed E-state index contributed by atoms with van der Waals surface area (Å²) in [5.74, 6) is -0.0217. The van der Waals surface area contributed by atoms with Crippen LogP contribution in [0.25, 0.3) is 0 Å². The van der Waals surface area contributed by atoms with Gasteiger partial charge in [0.25, 0.3) is 11.8 Å². The number of carbonyl (C=O) groups excluding carboxylic acids is 2. The van der Waals surface area contributed by atoms with E-state index in [9.17, 15) is 9.59 Å². The minimum atomic E-state index is -0.467. The fourth-order valence-electron chi connectivity index (χ4n) is 2.18. The average Bonchev–Trinajstić information content (AvgIpc) is 2.79. The van der Waals surface area contributed by atoms with Gasteiger partial charge in [-0.15, -0.1) is 0 Å². The predicted molar refractivity (Wildman–Crippen MR) is 70.6 cm³/mol. The van der Waals surface area contributed by atoms with Crippen LogP contribution in [0.1, 0.15) is 19.3 Å². The second-order valence-corrected chi connectivity index (χ2v) is 4.65. The SMILES string of the molecule is O=C1C=C(C2=COC=C(CC3=CC=CCC3)O2)C(=O)N1. The summed E-state index contributed by atoms with van der Waals surface area (Å²) < 4.78 is 10.8. The van der Waals surface area contributed by atoms with Crippen molar-refractivity contribution in [2.24, 2.45) is 0 Å². The molecule has 0 aromatic carbocycles. The van der Waals surface area contributed by atoms with Gasteiger partial charge in [-0.05, 0) is 12.8 Å². The molecule has 1 N–H and O–H groups in total. The van der Waals surface area contributed by atoms with Crippen molar-refractivity contribution < 1.29 is 19.1 Å². The molecule has 2 heterocycles. The van der Waals surface area contributed by atoms with E-state index < -0.39 is 11.8 Å². The number of allylic oxidation sites excluding steroid dienone is 4. The van der Waals surface area contributed by atoms with Crippen LogP contribution in [0.3, 0.4) is 0 Å². The van der Waals surface area contributed by atoms with Crippen LogP contribution in [-0.2, 0) is 19.1 Å². The number of hydrogen-bond acceptors (Lipinski definition) is 4. The second kappa shape index (κ2) is 5.21. The molecule has 2 aliphatic heterocycles. The molecular weight excluding hydrogens is 258 g/mol. The normalized spacial score (nSPS) is 21.2. The number of ether oxygens (including phenoxy) is 2. The lowest BCUT2D eigenvalue weighted by atomic mass is 10.0. The lowest BCUT2D eigenvalue weighted by Crippen LogP contribution is -2.23. The minimum absolute atomic E-state index is 0.193. The van der Waals surface area contributed by atoms with Gasteiger partial charge in [-0.3, -0.25) is 14.9 Å². The Morgan fingerprint density at radius 2 is 2.15 bits per heavy atom. The first kappa shape index (κ1) is 12.5. The van der Waals surface area contributed by atoms with Crippen molar-refractivity contribution in [3.05, 3.63) is 59.5 Å². The van der Waals surface area contributed by atoms with E-state index in [0.29, 0.717) is 12.2 Å². The quantitative estimate of drug-likeness (QED) is 0.797. The summed E-state index contributed by atoms with van der Waals surface area (Å²) in [5.41, 5.74) is 1.43. The molecule has 0 spiro atoms. The number of amides is 2. The predicted octanol–water partition coefficient (Wildman–Crippen LogP) is 1.97. The maximum atomic E-state index is 11.6. The molecule has 102 valence electrons. The van der Waals surface area contributed by atoms with Crippen LogP contribution in [-0.4, -0.2) is 11.8 Å². The minimum Gasteiger partial charge on any atom is -0.465 e. The smallest absolute Gasteiger partial charge is 0.262 e. The molecule has 0 radical (unpaired) electrons. The van der Waals surface area contributed by atoms with Crippen molar-refractivity contribution >= 4 is 11.8 Å². The van der Waals surface area contributed by atoms with E-state index in [-0.39, 0.29) is 11.3 Å². The molecule has 0 bridgehead atoms. The van der Waals surface area contributed by atoms with E-state index in [2.05, 4.69) is 17.5 Å². The van der Waals surface area contributed by atoms with Crippen molar-refractivity contribution in [3.8, 4) is 0 Å². The van der Waals surface area contributed by atoms with Crippen molar-refractivity contribution in [1.82, 2.24) is 5.32 Å². The van der Waals surface area contributed by atoms with Crippen molar-refractivity contribution in [2.45, 2.75) is 19.3 Å². The molecule has 3 rings (SSSR count). The Labute approximate surface area is 115 Å². The Kier molecular flexibility index (Phi) is 3.25. The highest BCUT2D eigenvalue weighted by Gasteiger charge is 2.27. The van der Waals surface area contributed by atoms with Gasteiger partial charge in [0.15, 0.2) is 5.76 Å². The van der Waals surface area contributed by atoms with Gasteiger partial charge < -0.3 is 9.47 Å². The number of imide groups is 1. The van der Waals surface area contributed by atoms with E-state index in [4.69, 9.17) is 9.47 Å². The van der Waals surface area contributed by atoms with E-state index in [1.807, 2.05) is 6.08 Å². The highest BCUT2D eigenvalue weighted by molar-refractivity contribution is 6.18. The molecule has 5 heteroatoms. The molecule has 0 saturated carbocycles. The molecule has 0 saturated heterocycles. The van der Waals surface area contributed by atoms with Crippen LogP contribution in [0, 0.1) is 0 Å². The van der Waals surface area contributed by atoms with Gasteiger partial charge in [0.05, 0.1) is 5.57 Å². The lowest BCUT2D eigenvalue weighted by molar-refractivity contribution is -0.123. The van der Waals surface area contributed by atoms with Crippen molar-refractivity contribution in [1.29, 1.82) is 0 Å². The third-order valence-electron chi connectivity index (χ3n) is 3.14. The Bertz CT molecular complexity index is 620. The van der Waals surface area contributed by atoms with Gasteiger partial charge in [-0.25, -0.2) is 0 Å². The van der Waals surface area contributed by atoms with E-state index in [1.165, 1.54) is 24.2 Å². The summed E-state index contributed by atoms with van der Waals surface area (Å²) in [7, 11) is 0. The molecule has 0 unspecified atom stereocenters. The molecular formula is C15H13NO4. The molecule has 0 aromatic heterocycles. The van der Waals surface area contributed by atoms with Gasteiger partial charge in [0.1, 0.15) is 18.3 Å². The largest absolute Gasteiger partial charge is 0.465 e. The van der Waals surface area contributed by atoms with Crippen molar-refractivity contribution in [3.63, 3.8) is 0 Å². The van der Waals surface area contributed by atoms with Crippen LogP contribution < -0.4 is 5.32 Å². The van der Waals surface area contributed by atoms with E-state index >= 15 is 0 Å². The first-order valence-corrected chi connectivity index (χ1v) is 6.37. The summed E-state index contributed by atoms with van der Waals surface area (Å²) in [6, 6.07) is 0. The summed E-state index contributed by atoms with van der Waals surface area (Å²) in [6.45, 7) is 0. The maximum absolute atomic E-state index is 11.6. The Hall–Kier alpha value is -2.56. The average molecular weight is 271 g/mol. The fourth-order valence-corrected chi connectivity index (χ4v) is 2.18. The Balaban J connectivity index is 1.69. The first-order chi connectivity index (χ1) is 9.72. The third kappa shape index (κ3) is 2.56. The molecule has 0 aromatic rings. The van der Waals surface area contributed by atoms with E-state index in [1.54, 1.807) is 0 Å². The molecule has 3 aliphatic rings. The van der Waals surface area contributed by atoms with Gasteiger partial charge in [-0.1, -0.05) is 23.8 Å². The topological polar surface area (TPSA) is 64.6 Å². The van der Waals surface area contributed by atoms with Gasteiger partial charge in [0.2, 0.25) is 0 Å². The zero-order chi connectivity index (χ0) is 13.9. The van der Waals surface area contributed by atoms with Crippen LogP contribution in [0.4, 0.5) is 0 Å². The third-order valence-corrected chi connectivity index (χ3v) is 3.14. The summed E-state index contributed by atoms with van der Waals surface area (Å²) in [5, 5.41) is 2.17. The number of nitrogens with one attached hydrogen (secondary N) is 1. The van der Waals surface area contributed by atoms with Crippen LogP contribution in [0.15, 0.2) is 59.5 Å². The number of rotatable bonds is 3. The van der Waals surface area contributed by atoms with Crippen LogP contribution in [0.5, 0.6) is 0 Å². The molecule has 0 fully saturated rings. The molecule has 0 atom stereocenters. The monoisotopic (exact) mass is 271 g/mol. The summed E-state index contributed by atoms with van der Waals surface area (Å²) >= 11 is 0. The molecule has 1 aliphatic carbocycles. The Morgan fingerprint density at radius 3 is 2.85 bits per heavy atom. The van der Waals surface area contributed by atoms with E-state index in [0.717, 1.165) is 12.8 Å². The summed E-state index contributed by atoms with van der Waals surface area (Å²) in [6.07, 6.45) is 12.9. The zero-order valence-electron chi connectivity index (χ0n) is 10.7. The highest BCUT2D eigenvalue weighted by atomic mass is 16.5. The Morgan fingerprint density at radius 1 is 1.25 bits per heavy atom. The molecule has 2 amide bonds. The van der Waals surface area contributed by atoms with Crippen LogP contribution in [0.2, 0.25) is 0 Å². The van der Waals surface area contributed by atoms with Crippen molar-refractivity contribution in [2.75, 3.05) is 0 Å². The lowest BCUT2D eigenvalue weighted by Gasteiger charge is -2.18. The van der Waals surface area contributed by atoms with Gasteiger partial charge in [0, 0.05) is 12.5 Å². The maximum Gasteiger partial charge on any atom is 0.262 e. The molecule has 5 nitrogen and oxygen atoms in total. The summed E-state index contributed by atoms with van der Waals surface area (Å²) in [4.78, 5) is 22.7. The number of hydrogen-bond donors (Lipinski definition) is 1. The first-order valence-electron chi connectivity index (χ1n) is 6.37. The molecule has 20 heavy (non-hydrogen) atoms. The van der Waals surface area contributed by atoms with Crippen LogP contribution >= 0.6 is 0 Å².